The molecule has 0 aliphatic heterocycles. The van der Waals surface area contributed by atoms with Gasteiger partial charge in [0, 0.05) is 30.6 Å². The quantitative estimate of drug-likeness (QED) is 0.685. The molecule has 0 aliphatic rings. The average Bonchev–Trinajstić information content (AvgIpc) is 3.08. The van der Waals surface area contributed by atoms with Crippen molar-refractivity contribution in [3.05, 3.63) is 47.9 Å². The highest BCUT2D eigenvalue weighted by Gasteiger charge is 2.32. The number of aliphatic hydroxyl groups excluding tert-OH is 1. The van der Waals surface area contributed by atoms with Crippen molar-refractivity contribution < 1.29 is 18.3 Å². The Morgan fingerprint density at radius 1 is 1.22 bits per heavy atom. The highest BCUT2D eigenvalue weighted by molar-refractivity contribution is 5.68. The van der Waals surface area contributed by atoms with Crippen LogP contribution in [0.1, 0.15) is 17.7 Å². The monoisotopic (exact) mass is 378 g/mol. The minimum absolute atomic E-state index is 0.0602. The predicted molar refractivity (Wildman–Crippen MR) is 92.2 cm³/mol. The standard InChI is InChI=1S/C17H17F3N6O/c1-11-7-12(14-10-26(25-24-14)5-2-6-27)9-13(8-11)22-16-21-4-3-15(23-16)17(18,19)20/h3-4,7-10,27H,2,5-6H2,1H3,(H,21,22,23). The van der Waals surface area contributed by atoms with Crippen molar-refractivity contribution in [1.29, 1.82) is 0 Å². The lowest BCUT2D eigenvalue weighted by Gasteiger charge is -2.10. The SMILES string of the molecule is Cc1cc(Nc2nccc(C(F)(F)F)n2)cc(-c2cn(CCCO)nn2)c1. The van der Waals surface area contributed by atoms with Crippen LogP contribution in [0.25, 0.3) is 11.3 Å². The molecule has 0 amide bonds. The molecule has 10 heteroatoms. The number of nitrogens with one attached hydrogen (secondary N) is 1. The summed E-state index contributed by atoms with van der Waals surface area (Å²) < 4.78 is 40.0. The van der Waals surface area contributed by atoms with E-state index in [-0.39, 0.29) is 12.6 Å². The summed E-state index contributed by atoms with van der Waals surface area (Å²) in [5, 5.41) is 19.8. The fraction of sp³-hybridized carbons (Fsp3) is 0.294. The van der Waals surface area contributed by atoms with Gasteiger partial charge < -0.3 is 10.4 Å². The van der Waals surface area contributed by atoms with E-state index >= 15 is 0 Å². The smallest absolute Gasteiger partial charge is 0.396 e. The topological polar surface area (TPSA) is 88.8 Å². The molecule has 7 nitrogen and oxygen atoms in total. The number of benzene rings is 1. The maximum Gasteiger partial charge on any atom is 0.433 e. The van der Waals surface area contributed by atoms with Crippen molar-refractivity contribution in [3.8, 4) is 11.3 Å². The van der Waals surface area contributed by atoms with Crippen LogP contribution in [-0.2, 0) is 12.7 Å². The summed E-state index contributed by atoms with van der Waals surface area (Å²) in [5.41, 5.74) is 1.77. The molecule has 2 N–H and O–H groups in total. The zero-order chi connectivity index (χ0) is 19.4. The number of aromatic nitrogens is 5. The van der Waals surface area contributed by atoms with E-state index in [0.717, 1.165) is 23.4 Å². The van der Waals surface area contributed by atoms with E-state index in [1.165, 1.54) is 0 Å². The van der Waals surface area contributed by atoms with Crippen LogP contribution in [0.4, 0.5) is 24.8 Å². The second kappa shape index (κ2) is 7.70. The van der Waals surface area contributed by atoms with E-state index in [4.69, 9.17) is 5.11 Å². The lowest BCUT2D eigenvalue weighted by atomic mass is 10.1. The van der Waals surface area contributed by atoms with Crippen molar-refractivity contribution in [2.45, 2.75) is 26.1 Å². The van der Waals surface area contributed by atoms with E-state index < -0.39 is 11.9 Å². The van der Waals surface area contributed by atoms with Crippen LogP contribution in [0, 0.1) is 6.92 Å². The molecule has 142 valence electrons. The van der Waals surface area contributed by atoms with Crippen molar-refractivity contribution >= 4 is 11.6 Å². The molecule has 0 spiro atoms. The molecule has 0 saturated carbocycles. The number of rotatable bonds is 6. The van der Waals surface area contributed by atoms with Gasteiger partial charge in [-0.1, -0.05) is 5.21 Å². The summed E-state index contributed by atoms with van der Waals surface area (Å²) in [6.07, 6.45) is -1.17. The molecule has 0 aliphatic carbocycles. The molecule has 3 aromatic rings. The number of hydrogen-bond acceptors (Lipinski definition) is 6. The van der Waals surface area contributed by atoms with Gasteiger partial charge in [-0.3, -0.25) is 4.68 Å². The van der Waals surface area contributed by atoms with Gasteiger partial charge in [0.05, 0.1) is 6.20 Å². The van der Waals surface area contributed by atoms with Crippen molar-refractivity contribution in [2.75, 3.05) is 11.9 Å². The summed E-state index contributed by atoms with van der Waals surface area (Å²) >= 11 is 0. The Hall–Kier alpha value is -3.01. The van der Waals surface area contributed by atoms with Crippen LogP contribution in [0.5, 0.6) is 0 Å². The number of nitrogens with zero attached hydrogens (tertiary/aromatic N) is 5. The van der Waals surface area contributed by atoms with Crippen molar-refractivity contribution in [2.24, 2.45) is 0 Å². The van der Waals surface area contributed by atoms with Gasteiger partial charge >= 0.3 is 6.18 Å². The number of halogens is 3. The van der Waals surface area contributed by atoms with E-state index in [0.29, 0.717) is 24.3 Å². The van der Waals surface area contributed by atoms with Crippen molar-refractivity contribution in [3.63, 3.8) is 0 Å². The third-order valence-corrected chi connectivity index (χ3v) is 3.66. The number of aliphatic hydroxyl groups is 1. The Balaban J connectivity index is 1.85. The molecule has 1 aromatic carbocycles. The first-order valence-electron chi connectivity index (χ1n) is 8.15. The summed E-state index contributed by atoms with van der Waals surface area (Å²) in [5.74, 6) is -0.145. The second-order valence-corrected chi connectivity index (χ2v) is 5.92. The highest BCUT2D eigenvalue weighted by atomic mass is 19.4. The molecule has 2 heterocycles. The van der Waals surface area contributed by atoms with E-state index in [9.17, 15) is 13.2 Å². The Morgan fingerprint density at radius 2 is 2.04 bits per heavy atom. The first-order chi connectivity index (χ1) is 12.8. The number of aryl methyl sites for hydroxylation is 2. The molecule has 0 atom stereocenters. The second-order valence-electron chi connectivity index (χ2n) is 5.92. The molecule has 2 aromatic heterocycles. The molecule has 27 heavy (non-hydrogen) atoms. The van der Waals surface area contributed by atoms with Gasteiger partial charge in [-0.25, -0.2) is 9.97 Å². The predicted octanol–water partition coefficient (Wildman–Crippen LogP) is 3.19. The third-order valence-electron chi connectivity index (χ3n) is 3.66. The molecule has 0 radical (unpaired) electrons. The Labute approximate surface area is 152 Å². The van der Waals surface area contributed by atoms with Crippen molar-refractivity contribution in [1.82, 2.24) is 25.0 Å². The molecular formula is C17H17F3N6O. The van der Waals surface area contributed by atoms with Crippen LogP contribution in [-0.4, -0.2) is 36.7 Å². The zero-order valence-electron chi connectivity index (χ0n) is 14.4. The molecule has 0 fully saturated rings. The van der Waals surface area contributed by atoms with Gasteiger partial charge in [0.25, 0.3) is 0 Å². The fourth-order valence-electron chi connectivity index (χ4n) is 2.48. The van der Waals surface area contributed by atoms with Crippen LogP contribution >= 0.6 is 0 Å². The average molecular weight is 378 g/mol. The third kappa shape index (κ3) is 4.79. The van der Waals surface area contributed by atoms with Crippen LogP contribution in [0.2, 0.25) is 0 Å². The zero-order valence-corrected chi connectivity index (χ0v) is 14.4. The lowest BCUT2D eigenvalue weighted by Crippen LogP contribution is -2.10. The highest BCUT2D eigenvalue weighted by Crippen LogP contribution is 2.29. The number of alkyl halides is 3. The first kappa shape index (κ1) is 18.8. The summed E-state index contributed by atoms with van der Waals surface area (Å²) in [4.78, 5) is 7.35. The lowest BCUT2D eigenvalue weighted by molar-refractivity contribution is -0.141. The first-order valence-corrected chi connectivity index (χ1v) is 8.15. The van der Waals surface area contributed by atoms with Gasteiger partial charge in [0.2, 0.25) is 5.95 Å². The van der Waals surface area contributed by atoms with Crippen LogP contribution in [0.3, 0.4) is 0 Å². The van der Waals surface area contributed by atoms with Gasteiger partial charge in [0.15, 0.2) is 0 Å². The molecule has 0 unspecified atom stereocenters. The van der Waals surface area contributed by atoms with E-state index in [2.05, 4.69) is 25.6 Å². The normalized spacial score (nSPS) is 11.6. The minimum Gasteiger partial charge on any atom is -0.396 e. The number of anilines is 2. The largest absolute Gasteiger partial charge is 0.433 e. The molecule has 0 bridgehead atoms. The number of hydrogen-bond donors (Lipinski definition) is 2. The Bertz CT molecular complexity index is 925. The maximum atomic E-state index is 12.8. The fourth-order valence-corrected chi connectivity index (χ4v) is 2.48. The summed E-state index contributed by atoms with van der Waals surface area (Å²) in [6.45, 7) is 2.46. The van der Waals surface area contributed by atoms with Crippen LogP contribution < -0.4 is 5.32 Å². The van der Waals surface area contributed by atoms with Gasteiger partial charge in [0.1, 0.15) is 11.4 Å². The van der Waals surface area contributed by atoms with E-state index in [1.807, 2.05) is 13.0 Å². The Morgan fingerprint density at radius 3 is 2.78 bits per heavy atom. The minimum atomic E-state index is -4.54. The van der Waals surface area contributed by atoms with Crippen LogP contribution in [0.15, 0.2) is 36.7 Å². The summed E-state index contributed by atoms with van der Waals surface area (Å²) in [6, 6.07) is 6.20. The molecular weight excluding hydrogens is 361 g/mol. The molecule has 0 saturated heterocycles. The van der Waals surface area contributed by atoms with Gasteiger partial charge in [-0.2, -0.15) is 13.2 Å². The van der Waals surface area contributed by atoms with Gasteiger partial charge in [-0.15, -0.1) is 5.10 Å². The summed E-state index contributed by atoms with van der Waals surface area (Å²) in [7, 11) is 0. The van der Waals surface area contributed by atoms with E-state index in [1.54, 1.807) is 23.0 Å². The maximum absolute atomic E-state index is 12.8. The molecule has 3 rings (SSSR count). The van der Waals surface area contributed by atoms with Gasteiger partial charge in [-0.05, 0) is 43.2 Å². The Kier molecular flexibility index (Phi) is 5.36.